The molecule has 1 aromatic carbocycles. The van der Waals surface area contributed by atoms with Crippen LogP contribution in [0.15, 0.2) is 30.3 Å². The maximum atomic E-state index is 6.13. The third-order valence-corrected chi connectivity index (χ3v) is 4.68. The van der Waals surface area contributed by atoms with Crippen molar-refractivity contribution in [3.05, 3.63) is 35.9 Å². The molecule has 0 amide bonds. The van der Waals surface area contributed by atoms with Crippen molar-refractivity contribution in [3.8, 4) is 0 Å². The summed E-state index contributed by atoms with van der Waals surface area (Å²) < 4.78 is 11.2. The van der Waals surface area contributed by atoms with Gasteiger partial charge in [0, 0.05) is 25.3 Å². The Morgan fingerprint density at radius 2 is 1.69 bits per heavy atom. The fourth-order valence-corrected chi connectivity index (χ4v) is 3.40. The van der Waals surface area contributed by atoms with Gasteiger partial charge in [0.2, 0.25) is 0 Å². The van der Waals surface area contributed by atoms with E-state index in [9.17, 15) is 0 Å². The molecule has 0 aliphatic carbocycles. The van der Waals surface area contributed by atoms with E-state index in [1.807, 2.05) is 44.2 Å². The molecule has 1 unspecified atom stereocenters. The molecule has 0 heterocycles. The van der Waals surface area contributed by atoms with Gasteiger partial charge in [0.05, 0.1) is 0 Å². The Labute approximate surface area is 99.4 Å². The van der Waals surface area contributed by atoms with Gasteiger partial charge in [-0.25, -0.2) is 0 Å². The van der Waals surface area contributed by atoms with Crippen LogP contribution in [0.1, 0.15) is 25.5 Å². The highest BCUT2D eigenvalue weighted by molar-refractivity contribution is 6.44. The summed E-state index contributed by atoms with van der Waals surface area (Å²) in [5.74, 6) is 0. The summed E-state index contributed by atoms with van der Waals surface area (Å²) in [6.45, 7) is 5.40. The molecule has 0 aliphatic rings. The fraction of sp³-hybridized carbons (Fsp3) is 0.500. The lowest BCUT2D eigenvalue weighted by Gasteiger charge is -2.19. The van der Waals surface area contributed by atoms with Gasteiger partial charge in [0.1, 0.15) is 0 Å². The van der Waals surface area contributed by atoms with E-state index in [-0.39, 0.29) is 6.04 Å². The highest BCUT2D eigenvalue weighted by atomic mass is 28.3. The molecule has 0 saturated heterocycles. The molecule has 1 aromatic rings. The summed E-state index contributed by atoms with van der Waals surface area (Å²) in [6.07, 6.45) is 0. The maximum absolute atomic E-state index is 6.13. The number of benzene rings is 1. The average Bonchev–Trinajstić information content (AvgIpc) is 2.31. The molecule has 0 radical (unpaired) electrons. The Morgan fingerprint density at radius 3 is 2.19 bits per heavy atom. The first-order chi connectivity index (χ1) is 7.77. The summed E-state index contributed by atoms with van der Waals surface area (Å²) in [5.41, 5.74) is 7.28. The van der Waals surface area contributed by atoms with E-state index in [1.165, 1.54) is 0 Å². The van der Waals surface area contributed by atoms with E-state index in [2.05, 4.69) is 0 Å². The molecule has 0 bridgehead atoms. The Hall–Kier alpha value is -0.683. The van der Waals surface area contributed by atoms with Crippen molar-refractivity contribution in [3.63, 3.8) is 0 Å². The van der Waals surface area contributed by atoms with Crippen LogP contribution in [-0.2, 0) is 8.85 Å². The molecular formula is C12H21NO2Si. The monoisotopic (exact) mass is 239 g/mol. The lowest BCUT2D eigenvalue weighted by atomic mass is 10.1. The summed E-state index contributed by atoms with van der Waals surface area (Å²) in [7, 11) is -1.59. The predicted octanol–water partition coefficient (Wildman–Crippen LogP) is 1.98. The lowest BCUT2D eigenvalue weighted by molar-refractivity contribution is 0.211. The molecule has 0 aromatic heterocycles. The van der Waals surface area contributed by atoms with Crippen molar-refractivity contribution >= 4 is 9.28 Å². The van der Waals surface area contributed by atoms with Gasteiger partial charge in [0.25, 0.3) is 0 Å². The molecule has 16 heavy (non-hydrogen) atoms. The zero-order chi connectivity index (χ0) is 11.8. The minimum atomic E-state index is -1.59. The second-order valence-corrected chi connectivity index (χ2v) is 5.59. The van der Waals surface area contributed by atoms with Crippen molar-refractivity contribution in [2.75, 3.05) is 13.2 Å². The van der Waals surface area contributed by atoms with Gasteiger partial charge in [-0.05, 0) is 19.4 Å². The highest BCUT2D eigenvalue weighted by Crippen LogP contribution is 2.16. The van der Waals surface area contributed by atoms with Crippen LogP contribution < -0.4 is 5.73 Å². The van der Waals surface area contributed by atoms with Gasteiger partial charge in [-0.15, -0.1) is 0 Å². The smallest absolute Gasteiger partial charge is 0.323 e. The van der Waals surface area contributed by atoms with E-state index in [0.717, 1.165) is 11.6 Å². The van der Waals surface area contributed by atoms with E-state index in [1.54, 1.807) is 0 Å². The number of hydrogen-bond donors (Lipinski definition) is 1. The fourth-order valence-electron chi connectivity index (χ4n) is 1.60. The summed E-state index contributed by atoms with van der Waals surface area (Å²) in [5, 5.41) is 0. The molecule has 3 nitrogen and oxygen atoms in total. The van der Waals surface area contributed by atoms with Crippen LogP contribution in [0.4, 0.5) is 0 Å². The second kappa shape index (κ2) is 7.57. The predicted molar refractivity (Wildman–Crippen MR) is 68.6 cm³/mol. The quantitative estimate of drug-likeness (QED) is 0.740. The first kappa shape index (κ1) is 13.4. The molecule has 0 spiro atoms. The van der Waals surface area contributed by atoms with Gasteiger partial charge in [0.15, 0.2) is 0 Å². The van der Waals surface area contributed by atoms with Crippen LogP contribution in [0.5, 0.6) is 0 Å². The van der Waals surface area contributed by atoms with Crippen molar-refractivity contribution in [2.24, 2.45) is 5.73 Å². The molecule has 4 heteroatoms. The van der Waals surface area contributed by atoms with Crippen molar-refractivity contribution in [1.29, 1.82) is 0 Å². The summed E-state index contributed by atoms with van der Waals surface area (Å²) >= 11 is 0. The highest BCUT2D eigenvalue weighted by Gasteiger charge is 2.17. The molecule has 90 valence electrons. The zero-order valence-corrected chi connectivity index (χ0v) is 11.2. The lowest BCUT2D eigenvalue weighted by Crippen LogP contribution is -2.28. The largest absolute Gasteiger partial charge is 0.397 e. The molecule has 2 N–H and O–H groups in total. The normalized spacial score (nSPS) is 13.0. The van der Waals surface area contributed by atoms with E-state index in [4.69, 9.17) is 14.6 Å². The third-order valence-electron chi connectivity index (χ3n) is 2.38. The van der Waals surface area contributed by atoms with E-state index in [0.29, 0.717) is 13.2 Å². The van der Waals surface area contributed by atoms with Gasteiger partial charge < -0.3 is 14.6 Å². The Bertz CT molecular complexity index is 276. The second-order valence-electron chi connectivity index (χ2n) is 3.59. The van der Waals surface area contributed by atoms with Gasteiger partial charge in [-0.2, -0.15) is 0 Å². The Kier molecular flexibility index (Phi) is 6.33. The molecule has 0 saturated carbocycles. The van der Waals surface area contributed by atoms with Crippen LogP contribution in [0.2, 0.25) is 6.04 Å². The van der Waals surface area contributed by atoms with Crippen molar-refractivity contribution < 1.29 is 8.85 Å². The summed E-state index contributed by atoms with van der Waals surface area (Å²) in [6, 6.07) is 11.0. The minimum absolute atomic E-state index is 0.0240. The minimum Gasteiger partial charge on any atom is -0.397 e. The first-order valence-corrected chi connectivity index (χ1v) is 7.57. The number of hydrogen-bond acceptors (Lipinski definition) is 3. The van der Waals surface area contributed by atoms with Crippen LogP contribution in [-0.4, -0.2) is 22.5 Å². The molecule has 1 rings (SSSR count). The SMILES string of the molecule is CCO[SiH](CC(N)c1ccccc1)OCC. The zero-order valence-electron chi connectivity index (χ0n) is 10.1. The van der Waals surface area contributed by atoms with Gasteiger partial charge in [-0.1, -0.05) is 30.3 Å². The van der Waals surface area contributed by atoms with Gasteiger partial charge >= 0.3 is 9.28 Å². The van der Waals surface area contributed by atoms with Crippen LogP contribution in [0, 0.1) is 0 Å². The topological polar surface area (TPSA) is 44.5 Å². The van der Waals surface area contributed by atoms with Crippen molar-refractivity contribution in [2.45, 2.75) is 25.9 Å². The van der Waals surface area contributed by atoms with E-state index >= 15 is 0 Å². The van der Waals surface area contributed by atoms with Crippen LogP contribution in [0.25, 0.3) is 0 Å². The molecule has 0 fully saturated rings. The van der Waals surface area contributed by atoms with Crippen LogP contribution >= 0.6 is 0 Å². The Balaban J connectivity index is 2.50. The number of nitrogens with two attached hydrogens (primary N) is 1. The van der Waals surface area contributed by atoms with Gasteiger partial charge in [-0.3, -0.25) is 0 Å². The summed E-state index contributed by atoms with van der Waals surface area (Å²) in [4.78, 5) is 0. The van der Waals surface area contributed by atoms with Crippen LogP contribution in [0.3, 0.4) is 0 Å². The van der Waals surface area contributed by atoms with Crippen molar-refractivity contribution in [1.82, 2.24) is 0 Å². The van der Waals surface area contributed by atoms with E-state index < -0.39 is 9.28 Å². The maximum Gasteiger partial charge on any atom is 0.323 e. The molecule has 1 atom stereocenters. The Morgan fingerprint density at radius 1 is 1.12 bits per heavy atom. The first-order valence-electron chi connectivity index (χ1n) is 5.81. The average molecular weight is 239 g/mol. The third kappa shape index (κ3) is 4.45. The number of rotatable bonds is 7. The molecular weight excluding hydrogens is 218 g/mol. The standard InChI is InChI=1S/C12H21NO2Si/c1-3-14-16(15-4-2)10-12(13)11-8-6-5-7-9-11/h5-9,12,16H,3-4,10,13H2,1-2H3. The molecule has 0 aliphatic heterocycles.